The van der Waals surface area contributed by atoms with E-state index in [9.17, 15) is 54.3 Å². The summed E-state index contributed by atoms with van der Waals surface area (Å²) in [7, 11) is 0. The molecular weight excluding hydrogens is 758 g/mol. The predicted molar refractivity (Wildman–Crippen MR) is 184 cm³/mol. The van der Waals surface area contributed by atoms with Crippen molar-refractivity contribution in [1.29, 1.82) is 0 Å². The maximum atomic E-state index is 13.4. The minimum atomic E-state index is -4.51. The van der Waals surface area contributed by atoms with Gasteiger partial charge in [0.15, 0.2) is 0 Å². The molecule has 3 aromatic carbocycles. The van der Waals surface area contributed by atoms with Crippen LogP contribution in [0.3, 0.4) is 0 Å². The van der Waals surface area contributed by atoms with Gasteiger partial charge in [-0.05, 0) is 87.8 Å². The van der Waals surface area contributed by atoms with Gasteiger partial charge in [0.2, 0.25) is 5.91 Å². The second-order valence-electron chi connectivity index (χ2n) is 13.8. The van der Waals surface area contributed by atoms with Gasteiger partial charge >= 0.3 is 18.3 Å². The van der Waals surface area contributed by atoms with E-state index >= 15 is 0 Å². The topological polar surface area (TPSA) is 132 Å². The van der Waals surface area contributed by atoms with Crippen molar-refractivity contribution in [2.75, 3.05) is 18.4 Å². The number of nitrogens with one attached hydrogen (secondary N) is 1. The average Bonchev–Trinajstić information content (AvgIpc) is 3.90. The fourth-order valence-corrected chi connectivity index (χ4v) is 7.47. The van der Waals surface area contributed by atoms with Crippen LogP contribution in [0.5, 0.6) is 0 Å². The first kappa shape index (κ1) is 40.0. The second kappa shape index (κ2) is 15.1. The van der Waals surface area contributed by atoms with Gasteiger partial charge in [0.05, 0.1) is 11.1 Å². The Morgan fingerprint density at radius 1 is 0.643 bits per heavy atom. The third kappa shape index (κ3) is 8.28. The number of amides is 3. The highest BCUT2D eigenvalue weighted by Crippen LogP contribution is 2.42. The van der Waals surface area contributed by atoms with E-state index in [1.165, 1.54) is 34.1 Å². The highest BCUT2D eigenvalue weighted by atomic mass is 19.4. The minimum Gasteiger partial charge on any atom is -0.480 e. The Hall–Kier alpha value is -5.68. The first-order chi connectivity index (χ1) is 26.3. The molecule has 10 nitrogen and oxygen atoms in total. The van der Waals surface area contributed by atoms with E-state index in [1.54, 1.807) is 0 Å². The number of carboxylic acid groups (broad SMARTS) is 1. The van der Waals surface area contributed by atoms with Gasteiger partial charge < -0.3 is 20.2 Å². The number of anilines is 1. The van der Waals surface area contributed by atoms with Crippen LogP contribution >= 0.6 is 0 Å². The molecule has 2 N–H and O–H groups in total. The van der Waals surface area contributed by atoms with Crippen LogP contribution in [0, 0.1) is 11.6 Å². The van der Waals surface area contributed by atoms with E-state index in [0.717, 1.165) is 62.1 Å². The summed E-state index contributed by atoms with van der Waals surface area (Å²) in [4.78, 5) is 60.8. The number of carbonyl (C=O) groups excluding carboxylic acids is 3. The first-order valence-corrected chi connectivity index (χ1v) is 17.5. The zero-order chi connectivity index (χ0) is 40.6. The number of hydrogen-bond acceptors (Lipinski definition) is 6. The van der Waals surface area contributed by atoms with Gasteiger partial charge in [-0.15, -0.1) is 0 Å². The summed E-state index contributed by atoms with van der Waals surface area (Å²) < 4.78 is 103. The Labute approximate surface area is 313 Å². The summed E-state index contributed by atoms with van der Waals surface area (Å²) in [6.45, 7) is -0.878. The SMILES string of the molecule is O=C(CN1C(=O)C(c2ccc(C(F)(F)F)cc2)=NC12CCCC2)Nc1cc(F)cc(F)c1.O=C(O)CN1C(=O)C(c2ccc(C(F)(F)F)cc2)=NC12CCCC2. The Kier molecular flexibility index (Phi) is 10.8. The molecule has 56 heavy (non-hydrogen) atoms. The molecule has 2 aliphatic carbocycles. The summed E-state index contributed by atoms with van der Waals surface area (Å²) in [6.07, 6.45) is -3.63. The number of aliphatic carboxylic acids is 1. The van der Waals surface area contributed by atoms with Crippen molar-refractivity contribution in [1.82, 2.24) is 9.80 Å². The zero-order valence-corrected chi connectivity index (χ0v) is 29.3. The Balaban J connectivity index is 0.000000198. The lowest BCUT2D eigenvalue weighted by atomic mass is 10.1. The number of rotatable bonds is 7. The first-order valence-electron chi connectivity index (χ1n) is 17.5. The van der Waals surface area contributed by atoms with Gasteiger partial charge in [0, 0.05) is 22.9 Å². The van der Waals surface area contributed by atoms with Crippen molar-refractivity contribution in [2.24, 2.45) is 9.98 Å². The van der Waals surface area contributed by atoms with Crippen LogP contribution in [0.4, 0.5) is 40.8 Å². The number of alkyl halides is 6. The number of halogens is 8. The molecule has 2 fully saturated rings. The molecule has 2 saturated carbocycles. The van der Waals surface area contributed by atoms with E-state index < -0.39 is 83.2 Å². The molecule has 7 rings (SSSR count). The number of hydrogen-bond donors (Lipinski definition) is 2. The number of nitrogens with zero attached hydrogens (tertiary/aromatic N) is 4. The Morgan fingerprint density at radius 2 is 1.02 bits per heavy atom. The summed E-state index contributed by atoms with van der Waals surface area (Å²) in [5, 5.41) is 11.4. The monoisotopic (exact) mass is 791 g/mol. The Morgan fingerprint density at radius 3 is 1.38 bits per heavy atom. The van der Waals surface area contributed by atoms with Gasteiger partial charge in [-0.1, -0.05) is 24.3 Å². The van der Waals surface area contributed by atoms with E-state index in [1.807, 2.05) is 0 Å². The fraction of sp³-hybridized carbons (Fsp3) is 0.368. The molecule has 2 spiro atoms. The molecule has 0 saturated heterocycles. The number of benzene rings is 3. The van der Waals surface area contributed by atoms with Crippen LogP contribution in [0.25, 0.3) is 0 Å². The van der Waals surface area contributed by atoms with Crippen molar-refractivity contribution in [3.05, 3.63) is 101 Å². The molecule has 3 aromatic rings. The normalized spacial score (nSPS) is 18.6. The molecule has 3 amide bonds. The largest absolute Gasteiger partial charge is 0.480 e. The maximum absolute atomic E-state index is 13.4. The summed E-state index contributed by atoms with van der Waals surface area (Å²) in [5.41, 5.74) is -3.05. The molecule has 4 aliphatic rings. The lowest BCUT2D eigenvalue weighted by molar-refractivity contribution is -0.145. The van der Waals surface area contributed by atoms with E-state index in [2.05, 4.69) is 15.3 Å². The second-order valence-corrected chi connectivity index (χ2v) is 13.8. The van der Waals surface area contributed by atoms with Crippen LogP contribution in [-0.4, -0.2) is 74.4 Å². The fourth-order valence-electron chi connectivity index (χ4n) is 7.47. The summed E-state index contributed by atoms with van der Waals surface area (Å²) >= 11 is 0. The lowest BCUT2D eigenvalue weighted by Crippen LogP contribution is -2.48. The van der Waals surface area contributed by atoms with Crippen LogP contribution in [0.1, 0.15) is 73.6 Å². The number of carboxylic acids is 1. The molecular formula is C38H33F8N5O5. The smallest absolute Gasteiger partial charge is 0.416 e. The van der Waals surface area contributed by atoms with Crippen molar-refractivity contribution in [2.45, 2.75) is 75.0 Å². The number of aliphatic imine (C=N–C) groups is 2. The predicted octanol–water partition coefficient (Wildman–Crippen LogP) is 7.22. The molecule has 2 heterocycles. The van der Waals surface area contributed by atoms with Crippen LogP contribution in [0.2, 0.25) is 0 Å². The highest BCUT2D eigenvalue weighted by molar-refractivity contribution is 6.47. The molecule has 0 bridgehead atoms. The maximum Gasteiger partial charge on any atom is 0.416 e. The third-order valence-corrected chi connectivity index (χ3v) is 10.1. The summed E-state index contributed by atoms with van der Waals surface area (Å²) in [6, 6.07) is 10.9. The van der Waals surface area contributed by atoms with Gasteiger partial charge in [-0.25, -0.2) is 8.78 Å². The van der Waals surface area contributed by atoms with Crippen LogP contribution in [0.15, 0.2) is 76.7 Å². The van der Waals surface area contributed by atoms with E-state index in [0.29, 0.717) is 31.7 Å². The van der Waals surface area contributed by atoms with Crippen LogP contribution in [-0.2, 0) is 31.5 Å². The quantitative estimate of drug-likeness (QED) is 0.244. The van der Waals surface area contributed by atoms with E-state index in [-0.39, 0.29) is 28.2 Å². The highest BCUT2D eigenvalue weighted by Gasteiger charge is 2.51. The van der Waals surface area contributed by atoms with Gasteiger partial charge in [-0.2, -0.15) is 26.3 Å². The van der Waals surface area contributed by atoms with Crippen LogP contribution < -0.4 is 5.32 Å². The lowest BCUT2D eigenvalue weighted by Gasteiger charge is -2.32. The summed E-state index contributed by atoms with van der Waals surface area (Å²) in [5.74, 6) is -4.65. The average molecular weight is 792 g/mol. The minimum absolute atomic E-state index is 0.00905. The van der Waals surface area contributed by atoms with Gasteiger partial charge in [0.25, 0.3) is 11.8 Å². The third-order valence-electron chi connectivity index (χ3n) is 10.1. The molecule has 18 heteroatoms. The molecule has 0 aromatic heterocycles. The van der Waals surface area contributed by atoms with Gasteiger partial charge in [-0.3, -0.25) is 29.2 Å². The van der Waals surface area contributed by atoms with Gasteiger partial charge in [0.1, 0.15) is 47.5 Å². The van der Waals surface area contributed by atoms with Crippen molar-refractivity contribution in [3.63, 3.8) is 0 Å². The van der Waals surface area contributed by atoms with Crippen molar-refractivity contribution >= 4 is 40.8 Å². The van der Waals surface area contributed by atoms with Crippen molar-refractivity contribution < 1.29 is 59.4 Å². The molecule has 0 radical (unpaired) electrons. The van der Waals surface area contributed by atoms with Crippen molar-refractivity contribution in [3.8, 4) is 0 Å². The molecule has 296 valence electrons. The molecule has 0 unspecified atom stereocenters. The molecule has 0 atom stereocenters. The van der Waals surface area contributed by atoms with E-state index in [4.69, 9.17) is 5.11 Å². The number of carbonyl (C=O) groups is 4. The standard InChI is InChI=1S/C22H18F5N3O2.C16H15F3N2O3/c23-15-9-16(24)11-17(10-15)28-18(31)12-30-20(32)19(29-21(30)7-1-2-8-21)13-3-5-14(6-4-13)22(25,26)27;17-16(18,19)11-5-3-10(4-6-11)13-14(24)21(9-12(22)23)15(20-13)7-1-2-8-15/h3-6,9-11H,1-2,7-8,12H2,(H,28,31);3-6H,1-2,7-9H2,(H,22,23). The Bertz CT molecular complexity index is 2070. The zero-order valence-electron chi connectivity index (χ0n) is 29.3. The molecule has 2 aliphatic heterocycles.